The number of amides is 2. The van der Waals surface area contributed by atoms with Crippen molar-refractivity contribution in [2.24, 2.45) is 17.8 Å². The third kappa shape index (κ3) is 5.01. The topological polar surface area (TPSA) is 95.6 Å². The molecule has 2 aliphatic carbocycles. The van der Waals surface area contributed by atoms with Crippen LogP contribution in [0.1, 0.15) is 64.4 Å². The van der Waals surface area contributed by atoms with E-state index in [1.807, 2.05) is 18.7 Å². The zero-order chi connectivity index (χ0) is 22.9. The molecule has 4 rings (SSSR count). The molecular formula is C24H35N3O4S. The van der Waals surface area contributed by atoms with E-state index in [0.29, 0.717) is 19.5 Å². The lowest BCUT2D eigenvalue weighted by molar-refractivity contribution is -0.126. The summed E-state index contributed by atoms with van der Waals surface area (Å²) >= 11 is 0. The van der Waals surface area contributed by atoms with Gasteiger partial charge in [0.15, 0.2) is 0 Å². The highest BCUT2D eigenvalue weighted by Gasteiger charge is 2.39. The summed E-state index contributed by atoms with van der Waals surface area (Å²) in [5.41, 5.74) is 1.78. The lowest BCUT2D eigenvalue weighted by Crippen LogP contribution is -2.36. The average Bonchev–Trinajstić information content (AvgIpc) is 3.58. The molecule has 3 aliphatic rings. The maximum atomic E-state index is 12.9. The summed E-state index contributed by atoms with van der Waals surface area (Å²) < 4.78 is 28.6. The molecule has 1 aliphatic heterocycles. The van der Waals surface area contributed by atoms with Gasteiger partial charge in [0.1, 0.15) is 0 Å². The number of rotatable bonds is 8. The Morgan fingerprint density at radius 2 is 1.75 bits per heavy atom. The minimum absolute atomic E-state index is 0.0504. The van der Waals surface area contributed by atoms with Crippen molar-refractivity contribution in [2.45, 2.75) is 76.2 Å². The second-order valence-electron chi connectivity index (χ2n) is 9.69. The molecule has 0 radical (unpaired) electrons. The van der Waals surface area contributed by atoms with Gasteiger partial charge < -0.3 is 10.2 Å². The molecule has 2 N–H and O–H groups in total. The standard InChI is InChI=1S/C24H35N3O4S/c1-3-12-25-23(28)18-6-4-17(5-7-18)15-26-32(30,31)21-10-11-22-20(14-21)13-16(2)27(22)24(29)19-8-9-19/h10-11,14,16-19,26H,3-9,12-13,15H2,1-2H3,(H,25,28)/t16-,17?,18?/m0/s1. The first-order chi connectivity index (χ1) is 15.3. The first kappa shape index (κ1) is 23.2. The van der Waals surface area contributed by atoms with E-state index in [1.165, 1.54) is 0 Å². The first-order valence-electron chi connectivity index (χ1n) is 12.0. The van der Waals surface area contributed by atoms with Crippen molar-refractivity contribution in [2.75, 3.05) is 18.0 Å². The third-order valence-corrected chi connectivity index (χ3v) is 8.49. The molecule has 176 valence electrons. The minimum atomic E-state index is -3.62. The zero-order valence-electron chi connectivity index (χ0n) is 19.1. The summed E-state index contributed by atoms with van der Waals surface area (Å²) in [6.45, 7) is 5.16. The molecule has 0 saturated heterocycles. The number of nitrogens with zero attached hydrogens (tertiary/aromatic N) is 1. The molecule has 7 nitrogen and oxygen atoms in total. The normalized spacial score (nSPS) is 25.4. The van der Waals surface area contributed by atoms with Crippen LogP contribution in [-0.2, 0) is 26.0 Å². The molecule has 32 heavy (non-hydrogen) atoms. The predicted octanol–water partition coefficient (Wildman–Crippen LogP) is 2.99. The molecule has 1 aromatic carbocycles. The molecule has 0 spiro atoms. The largest absolute Gasteiger partial charge is 0.356 e. The Labute approximate surface area is 191 Å². The molecule has 2 saturated carbocycles. The number of carbonyl (C=O) groups is 2. The van der Waals surface area contributed by atoms with Gasteiger partial charge in [-0.25, -0.2) is 13.1 Å². The molecule has 2 amide bonds. The number of carbonyl (C=O) groups excluding carboxylic acids is 2. The predicted molar refractivity (Wildman–Crippen MR) is 124 cm³/mol. The second-order valence-corrected chi connectivity index (χ2v) is 11.5. The van der Waals surface area contributed by atoms with Gasteiger partial charge in [-0.1, -0.05) is 6.92 Å². The summed E-state index contributed by atoms with van der Waals surface area (Å²) in [5, 5.41) is 2.96. The Balaban J connectivity index is 1.33. The van der Waals surface area contributed by atoms with Gasteiger partial charge in [0.25, 0.3) is 0 Å². The molecule has 1 aromatic rings. The fourth-order valence-corrected chi connectivity index (χ4v) is 6.14. The number of hydrogen-bond donors (Lipinski definition) is 2. The number of sulfonamides is 1. The zero-order valence-corrected chi connectivity index (χ0v) is 19.9. The van der Waals surface area contributed by atoms with E-state index in [4.69, 9.17) is 0 Å². The second kappa shape index (κ2) is 9.51. The van der Waals surface area contributed by atoms with E-state index in [2.05, 4.69) is 10.0 Å². The Morgan fingerprint density at radius 3 is 2.41 bits per heavy atom. The molecule has 8 heteroatoms. The SMILES string of the molecule is CCCNC(=O)C1CCC(CNS(=O)(=O)c2ccc3c(c2)C[C@H](C)N3C(=O)C2CC2)CC1. The van der Waals surface area contributed by atoms with Gasteiger partial charge in [0, 0.05) is 36.7 Å². The van der Waals surface area contributed by atoms with E-state index < -0.39 is 10.0 Å². The number of benzene rings is 1. The van der Waals surface area contributed by atoms with Gasteiger partial charge in [0.2, 0.25) is 21.8 Å². The van der Waals surface area contributed by atoms with E-state index in [0.717, 1.165) is 56.2 Å². The third-order valence-electron chi connectivity index (χ3n) is 7.07. The quantitative estimate of drug-likeness (QED) is 0.622. The van der Waals surface area contributed by atoms with Crippen LogP contribution in [-0.4, -0.2) is 39.4 Å². The molecule has 2 fully saturated rings. The van der Waals surface area contributed by atoms with Crippen molar-refractivity contribution >= 4 is 27.5 Å². The van der Waals surface area contributed by atoms with Crippen molar-refractivity contribution in [3.05, 3.63) is 23.8 Å². The summed E-state index contributed by atoms with van der Waals surface area (Å²) in [7, 11) is -3.62. The summed E-state index contributed by atoms with van der Waals surface area (Å²) in [6.07, 6.45) is 6.85. The summed E-state index contributed by atoms with van der Waals surface area (Å²) in [4.78, 5) is 26.9. The Morgan fingerprint density at radius 1 is 1.06 bits per heavy atom. The molecular weight excluding hydrogens is 426 g/mol. The first-order valence-corrected chi connectivity index (χ1v) is 13.5. The lowest BCUT2D eigenvalue weighted by atomic mass is 9.81. The minimum Gasteiger partial charge on any atom is -0.356 e. The molecule has 0 unspecified atom stereocenters. The molecule has 1 heterocycles. The maximum absolute atomic E-state index is 12.9. The summed E-state index contributed by atoms with van der Waals surface area (Å²) in [6, 6.07) is 5.19. The lowest BCUT2D eigenvalue weighted by Gasteiger charge is -2.27. The van der Waals surface area contributed by atoms with E-state index >= 15 is 0 Å². The number of hydrogen-bond acceptors (Lipinski definition) is 4. The monoisotopic (exact) mass is 461 g/mol. The highest BCUT2D eigenvalue weighted by molar-refractivity contribution is 7.89. The van der Waals surface area contributed by atoms with E-state index in [-0.39, 0.29) is 40.5 Å². The highest BCUT2D eigenvalue weighted by Crippen LogP contribution is 2.39. The van der Waals surface area contributed by atoms with E-state index in [1.54, 1.807) is 18.2 Å². The van der Waals surface area contributed by atoms with Crippen molar-refractivity contribution in [1.82, 2.24) is 10.0 Å². The number of nitrogens with one attached hydrogen (secondary N) is 2. The van der Waals surface area contributed by atoms with Crippen molar-refractivity contribution in [1.29, 1.82) is 0 Å². The molecule has 1 atom stereocenters. The van der Waals surface area contributed by atoms with Gasteiger partial charge in [-0.15, -0.1) is 0 Å². The summed E-state index contributed by atoms with van der Waals surface area (Å²) in [5.74, 6) is 0.744. The van der Waals surface area contributed by atoms with Crippen LogP contribution in [0.25, 0.3) is 0 Å². The number of anilines is 1. The van der Waals surface area contributed by atoms with Crippen LogP contribution >= 0.6 is 0 Å². The Bertz CT molecular complexity index is 965. The average molecular weight is 462 g/mol. The fourth-order valence-electron chi connectivity index (χ4n) is 4.97. The van der Waals surface area contributed by atoms with Crippen LogP contribution in [0.15, 0.2) is 23.1 Å². The van der Waals surface area contributed by atoms with Gasteiger partial charge in [-0.3, -0.25) is 9.59 Å². The Hall–Kier alpha value is -1.93. The van der Waals surface area contributed by atoms with Gasteiger partial charge in [0.05, 0.1) is 4.90 Å². The van der Waals surface area contributed by atoms with Gasteiger partial charge in [-0.05, 0) is 88.0 Å². The molecule has 0 aromatic heterocycles. The van der Waals surface area contributed by atoms with Crippen LogP contribution < -0.4 is 14.9 Å². The highest BCUT2D eigenvalue weighted by atomic mass is 32.2. The smallest absolute Gasteiger partial charge is 0.240 e. The van der Waals surface area contributed by atoms with Gasteiger partial charge in [-0.2, -0.15) is 0 Å². The Kier molecular flexibility index (Phi) is 6.91. The van der Waals surface area contributed by atoms with Crippen molar-refractivity contribution in [3.8, 4) is 0 Å². The van der Waals surface area contributed by atoms with Gasteiger partial charge >= 0.3 is 0 Å². The van der Waals surface area contributed by atoms with Crippen LogP contribution in [0.5, 0.6) is 0 Å². The maximum Gasteiger partial charge on any atom is 0.240 e. The van der Waals surface area contributed by atoms with Crippen molar-refractivity contribution < 1.29 is 18.0 Å². The van der Waals surface area contributed by atoms with Crippen LogP contribution in [0.4, 0.5) is 5.69 Å². The van der Waals surface area contributed by atoms with E-state index in [9.17, 15) is 18.0 Å². The number of fused-ring (bicyclic) bond motifs is 1. The van der Waals surface area contributed by atoms with Crippen LogP contribution in [0, 0.1) is 17.8 Å². The molecule has 0 bridgehead atoms. The van der Waals surface area contributed by atoms with Crippen LogP contribution in [0.3, 0.4) is 0 Å². The fraction of sp³-hybridized carbons (Fsp3) is 0.667. The van der Waals surface area contributed by atoms with Crippen LogP contribution in [0.2, 0.25) is 0 Å². The van der Waals surface area contributed by atoms with Crippen molar-refractivity contribution in [3.63, 3.8) is 0 Å².